The van der Waals surface area contributed by atoms with E-state index in [0.29, 0.717) is 0 Å². The van der Waals surface area contributed by atoms with E-state index in [-0.39, 0.29) is 17.5 Å². The Morgan fingerprint density at radius 1 is 1.44 bits per heavy atom. The number of esters is 1. The molecule has 90 valence electrons. The van der Waals surface area contributed by atoms with Gasteiger partial charge in [-0.05, 0) is 19.1 Å². The lowest BCUT2D eigenvalue weighted by Gasteiger charge is -2.07. The van der Waals surface area contributed by atoms with Gasteiger partial charge in [0, 0.05) is 14.1 Å². The zero-order chi connectivity index (χ0) is 12.3. The molecule has 0 unspecified atom stereocenters. The zero-order valence-electron chi connectivity index (χ0n) is 9.26. The van der Waals surface area contributed by atoms with Gasteiger partial charge in [-0.2, -0.15) is 0 Å². The van der Waals surface area contributed by atoms with Gasteiger partial charge in [0.25, 0.3) is 10.0 Å². The highest BCUT2D eigenvalue weighted by molar-refractivity contribution is 7.88. The number of carbonyl (C=O) groups is 1. The second-order valence-corrected chi connectivity index (χ2v) is 5.21. The smallest absolute Gasteiger partial charge is 0.374 e. The first-order chi connectivity index (χ1) is 7.39. The fourth-order valence-electron chi connectivity index (χ4n) is 0.951. The van der Waals surface area contributed by atoms with Gasteiger partial charge in [0.1, 0.15) is 0 Å². The topological polar surface area (TPSA) is 76.8 Å². The van der Waals surface area contributed by atoms with E-state index >= 15 is 0 Å². The van der Waals surface area contributed by atoms with Crippen molar-refractivity contribution < 1.29 is 22.4 Å². The summed E-state index contributed by atoms with van der Waals surface area (Å²) >= 11 is 0. The van der Waals surface area contributed by atoms with Crippen molar-refractivity contribution in [2.75, 3.05) is 20.7 Å². The molecule has 1 aromatic heterocycles. The van der Waals surface area contributed by atoms with E-state index < -0.39 is 16.0 Å². The molecule has 1 heterocycles. The number of sulfonamides is 1. The second-order valence-electron chi connectivity index (χ2n) is 3.13. The third kappa shape index (κ3) is 2.42. The fraction of sp³-hybridized carbons (Fsp3) is 0.444. The number of hydrogen-bond acceptors (Lipinski definition) is 5. The van der Waals surface area contributed by atoms with Crippen LogP contribution in [0.25, 0.3) is 0 Å². The Morgan fingerprint density at radius 3 is 2.56 bits per heavy atom. The van der Waals surface area contributed by atoms with E-state index in [9.17, 15) is 13.2 Å². The molecule has 0 aliphatic carbocycles. The zero-order valence-corrected chi connectivity index (χ0v) is 10.1. The van der Waals surface area contributed by atoms with Crippen LogP contribution in [0.1, 0.15) is 17.5 Å². The first-order valence-corrected chi connectivity index (χ1v) is 6.03. The van der Waals surface area contributed by atoms with Crippen LogP contribution >= 0.6 is 0 Å². The molecule has 6 nitrogen and oxygen atoms in total. The van der Waals surface area contributed by atoms with Gasteiger partial charge in [-0.25, -0.2) is 17.5 Å². The average molecular weight is 247 g/mol. The molecule has 0 aliphatic heterocycles. The molecule has 0 spiro atoms. The van der Waals surface area contributed by atoms with Crippen molar-refractivity contribution >= 4 is 16.0 Å². The summed E-state index contributed by atoms with van der Waals surface area (Å²) in [5.41, 5.74) is 0. The summed E-state index contributed by atoms with van der Waals surface area (Å²) in [5, 5.41) is -0.277. The number of rotatable bonds is 4. The number of carbonyl (C=O) groups excluding carboxylic acids is 1. The Balaban J connectivity index is 3.00. The largest absolute Gasteiger partial charge is 0.460 e. The van der Waals surface area contributed by atoms with E-state index in [1.807, 2.05) is 0 Å². The van der Waals surface area contributed by atoms with Gasteiger partial charge >= 0.3 is 5.97 Å². The summed E-state index contributed by atoms with van der Waals surface area (Å²) in [6.45, 7) is 1.85. The summed E-state index contributed by atoms with van der Waals surface area (Å²) in [4.78, 5) is 11.2. The van der Waals surface area contributed by atoms with Crippen molar-refractivity contribution in [1.82, 2.24) is 4.31 Å². The molecule has 0 N–H and O–H groups in total. The minimum atomic E-state index is -3.65. The first kappa shape index (κ1) is 12.7. The van der Waals surface area contributed by atoms with E-state index in [2.05, 4.69) is 4.74 Å². The van der Waals surface area contributed by atoms with Crippen LogP contribution in [0, 0.1) is 0 Å². The monoisotopic (exact) mass is 247 g/mol. The van der Waals surface area contributed by atoms with Crippen molar-refractivity contribution in [3.05, 3.63) is 17.9 Å². The summed E-state index contributed by atoms with van der Waals surface area (Å²) < 4.78 is 33.8. The molecule has 0 aliphatic rings. The van der Waals surface area contributed by atoms with Crippen LogP contribution in [0.5, 0.6) is 0 Å². The third-order valence-corrected chi connectivity index (χ3v) is 3.48. The van der Waals surface area contributed by atoms with E-state index in [4.69, 9.17) is 4.42 Å². The summed E-state index contributed by atoms with van der Waals surface area (Å²) in [6.07, 6.45) is 0. The van der Waals surface area contributed by atoms with Gasteiger partial charge < -0.3 is 9.15 Å². The van der Waals surface area contributed by atoms with E-state index in [0.717, 1.165) is 4.31 Å². The minimum Gasteiger partial charge on any atom is -0.460 e. The van der Waals surface area contributed by atoms with Crippen molar-refractivity contribution in [3.63, 3.8) is 0 Å². The number of furan rings is 1. The second kappa shape index (κ2) is 4.67. The van der Waals surface area contributed by atoms with Crippen LogP contribution in [0.4, 0.5) is 0 Å². The summed E-state index contributed by atoms with van der Waals surface area (Å²) in [7, 11) is -0.892. The molecule has 0 amide bonds. The maximum absolute atomic E-state index is 11.6. The van der Waals surface area contributed by atoms with Crippen molar-refractivity contribution in [2.24, 2.45) is 0 Å². The van der Waals surface area contributed by atoms with E-state index in [1.165, 1.54) is 26.2 Å². The molecule has 1 rings (SSSR count). The fourth-order valence-corrected chi connectivity index (χ4v) is 1.75. The maximum atomic E-state index is 11.6. The Morgan fingerprint density at radius 2 is 2.06 bits per heavy atom. The quantitative estimate of drug-likeness (QED) is 0.732. The molecule has 0 bridgehead atoms. The lowest BCUT2D eigenvalue weighted by Crippen LogP contribution is -2.21. The molecule has 0 aromatic carbocycles. The molecule has 0 radical (unpaired) electrons. The molecule has 0 saturated carbocycles. The Labute approximate surface area is 93.8 Å². The van der Waals surface area contributed by atoms with Crippen LogP contribution in [-0.2, 0) is 14.8 Å². The Hall–Kier alpha value is -1.34. The van der Waals surface area contributed by atoms with Crippen molar-refractivity contribution in [2.45, 2.75) is 12.0 Å². The predicted molar refractivity (Wildman–Crippen MR) is 55.5 cm³/mol. The molecule has 0 atom stereocenters. The van der Waals surface area contributed by atoms with Crippen LogP contribution in [0.2, 0.25) is 0 Å². The van der Waals surface area contributed by atoms with Gasteiger partial charge in [0.2, 0.25) is 10.9 Å². The Bertz CT molecular complexity index is 474. The van der Waals surface area contributed by atoms with Gasteiger partial charge in [-0.3, -0.25) is 0 Å². The lowest BCUT2D eigenvalue weighted by atomic mass is 10.5. The molecule has 0 saturated heterocycles. The lowest BCUT2D eigenvalue weighted by molar-refractivity contribution is 0.0484. The first-order valence-electron chi connectivity index (χ1n) is 4.59. The Kier molecular flexibility index (Phi) is 3.71. The SMILES string of the molecule is CCOC(=O)c1ccc(S(=O)(=O)N(C)C)o1. The minimum absolute atomic E-state index is 0.123. The van der Waals surface area contributed by atoms with Crippen molar-refractivity contribution in [1.29, 1.82) is 0 Å². The number of ether oxygens (including phenoxy) is 1. The van der Waals surface area contributed by atoms with Gasteiger partial charge in [-0.1, -0.05) is 0 Å². The molecular formula is C9H13NO5S. The highest BCUT2D eigenvalue weighted by atomic mass is 32.2. The predicted octanol–water partition coefficient (Wildman–Crippen LogP) is 0.707. The highest BCUT2D eigenvalue weighted by Gasteiger charge is 2.23. The standard InChI is InChI=1S/C9H13NO5S/c1-4-14-9(11)7-5-6-8(15-7)16(12,13)10(2)3/h5-6H,4H2,1-3H3. The molecule has 7 heteroatoms. The number of hydrogen-bond donors (Lipinski definition) is 0. The molecule has 0 fully saturated rings. The summed E-state index contributed by atoms with van der Waals surface area (Å²) in [6, 6.07) is 2.50. The van der Waals surface area contributed by atoms with Gasteiger partial charge in [0.05, 0.1) is 6.61 Å². The highest BCUT2D eigenvalue weighted by Crippen LogP contribution is 2.17. The molecule has 1 aromatic rings. The molecule has 16 heavy (non-hydrogen) atoms. The van der Waals surface area contributed by atoms with Gasteiger partial charge in [-0.15, -0.1) is 0 Å². The van der Waals surface area contributed by atoms with Crippen LogP contribution in [-0.4, -0.2) is 39.4 Å². The van der Waals surface area contributed by atoms with Crippen LogP contribution in [0.15, 0.2) is 21.6 Å². The third-order valence-electron chi connectivity index (χ3n) is 1.79. The average Bonchev–Trinajstić information content (AvgIpc) is 2.67. The number of nitrogens with zero attached hydrogens (tertiary/aromatic N) is 1. The normalized spacial score (nSPS) is 11.8. The van der Waals surface area contributed by atoms with Crippen LogP contribution < -0.4 is 0 Å². The van der Waals surface area contributed by atoms with Crippen LogP contribution in [0.3, 0.4) is 0 Å². The molecular weight excluding hydrogens is 234 g/mol. The van der Waals surface area contributed by atoms with Gasteiger partial charge in [0.15, 0.2) is 0 Å². The van der Waals surface area contributed by atoms with Crippen molar-refractivity contribution in [3.8, 4) is 0 Å². The summed E-state index contributed by atoms with van der Waals surface area (Å²) in [5.74, 6) is -0.801. The van der Waals surface area contributed by atoms with E-state index in [1.54, 1.807) is 6.92 Å². The maximum Gasteiger partial charge on any atom is 0.374 e.